The van der Waals surface area contributed by atoms with Crippen molar-refractivity contribution in [1.29, 1.82) is 0 Å². The standard InChI is InChI=1S/C14H11BrN2O3S/c1-2-20-10(18)7-17-14(19)12-11(13(15)16-17)8-5-3-4-6-9(8)21-12/h3-6H,2,7H2,1H3. The minimum absolute atomic E-state index is 0.185. The summed E-state index contributed by atoms with van der Waals surface area (Å²) in [4.78, 5) is 24.0. The monoisotopic (exact) mass is 366 g/mol. The van der Waals surface area contributed by atoms with Crippen LogP contribution in [0, 0.1) is 0 Å². The van der Waals surface area contributed by atoms with Gasteiger partial charge < -0.3 is 4.74 Å². The molecule has 2 heterocycles. The summed E-state index contributed by atoms with van der Waals surface area (Å²) in [5, 5.41) is 5.95. The third-order valence-corrected chi connectivity index (χ3v) is 4.74. The van der Waals surface area contributed by atoms with E-state index in [-0.39, 0.29) is 18.7 Å². The van der Waals surface area contributed by atoms with Gasteiger partial charge in [-0.05, 0) is 28.9 Å². The summed E-state index contributed by atoms with van der Waals surface area (Å²) in [6, 6.07) is 7.76. The van der Waals surface area contributed by atoms with Gasteiger partial charge in [0.15, 0.2) is 0 Å². The first-order valence-electron chi connectivity index (χ1n) is 6.35. The lowest BCUT2D eigenvalue weighted by atomic mass is 10.2. The van der Waals surface area contributed by atoms with Crippen molar-refractivity contribution in [3.63, 3.8) is 0 Å². The summed E-state index contributed by atoms with van der Waals surface area (Å²) in [7, 11) is 0. The van der Waals surface area contributed by atoms with Crippen molar-refractivity contribution in [2.24, 2.45) is 0 Å². The molecule has 2 aromatic heterocycles. The Kier molecular flexibility index (Phi) is 3.77. The van der Waals surface area contributed by atoms with Crippen molar-refractivity contribution in [2.75, 3.05) is 6.61 Å². The summed E-state index contributed by atoms with van der Waals surface area (Å²) in [6.45, 7) is 1.81. The van der Waals surface area contributed by atoms with E-state index in [2.05, 4.69) is 21.0 Å². The van der Waals surface area contributed by atoms with Gasteiger partial charge >= 0.3 is 5.97 Å². The van der Waals surface area contributed by atoms with Crippen LogP contribution in [0.2, 0.25) is 0 Å². The van der Waals surface area contributed by atoms with Gasteiger partial charge in [0, 0.05) is 15.5 Å². The second kappa shape index (κ2) is 5.57. The number of rotatable bonds is 3. The zero-order chi connectivity index (χ0) is 15.0. The number of carbonyl (C=O) groups is 1. The zero-order valence-corrected chi connectivity index (χ0v) is 13.5. The summed E-state index contributed by atoms with van der Waals surface area (Å²) in [6.07, 6.45) is 0. The largest absolute Gasteiger partial charge is 0.465 e. The van der Waals surface area contributed by atoms with E-state index < -0.39 is 5.97 Å². The van der Waals surface area contributed by atoms with E-state index in [1.807, 2.05) is 24.3 Å². The summed E-state index contributed by atoms with van der Waals surface area (Å²) >= 11 is 4.80. The van der Waals surface area contributed by atoms with Crippen LogP contribution >= 0.6 is 27.3 Å². The Morgan fingerprint density at radius 1 is 1.43 bits per heavy atom. The number of hydrogen-bond donors (Lipinski definition) is 0. The highest BCUT2D eigenvalue weighted by atomic mass is 79.9. The number of nitrogens with zero attached hydrogens (tertiary/aromatic N) is 2. The number of hydrogen-bond acceptors (Lipinski definition) is 5. The Bertz CT molecular complexity index is 900. The van der Waals surface area contributed by atoms with Gasteiger partial charge in [-0.15, -0.1) is 11.3 Å². The fourth-order valence-electron chi connectivity index (χ4n) is 2.16. The van der Waals surface area contributed by atoms with Crippen molar-refractivity contribution in [2.45, 2.75) is 13.5 Å². The molecule has 0 aliphatic carbocycles. The van der Waals surface area contributed by atoms with Gasteiger partial charge in [-0.3, -0.25) is 9.59 Å². The number of ether oxygens (including phenoxy) is 1. The number of esters is 1. The average Bonchev–Trinajstić information content (AvgIpc) is 2.84. The molecule has 0 saturated carbocycles. The van der Waals surface area contributed by atoms with E-state index in [1.54, 1.807) is 6.92 Å². The molecule has 21 heavy (non-hydrogen) atoms. The van der Waals surface area contributed by atoms with Crippen LogP contribution in [0.5, 0.6) is 0 Å². The molecule has 0 fully saturated rings. The van der Waals surface area contributed by atoms with E-state index in [9.17, 15) is 9.59 Å². The van der Waals surface area contributed by atoms with Crippen molar-refractivity contribution in [1.82, 2.24) is 9.78 Å². The molecule has 0 amide bonds. The van der Waals surface area contributed by atoms with Crippen molar-refractivity contribution in [3.05, 3.63) is 39.2 Å². The number of carbonyl (C=O) groups excluding carboxylic acids is 1. The third-order valence-electron chi connectivity index (χ3n) is 3.02. The topological polar surface area (TPSA) is 61.2 Å². The van der Waals surface area contributed by atoms with E-state index in [1.165, 1.54) is 11.3 Å². The first-order valence-corrected chi connectivity index (χ1v) is 7.96. The summed E-state index contributed by atoms with van der Waals surface area (Å²) in [5.41, 5.74) is -0.276. The summed E-state index contributed by atoms with van der Waals surface area (Å²) < 4.78 is 8.15. The number of aromatic nitrogens is 2. The molecule has 0 atom stereocenters. The fraction of sp³-hybridized carbons (Fsp3) is 0.214. The molecular formula is C14H11BrN2O3S. The van der Waals surface area contributed by atoms with Gasteiger partial charge in [0.1, 0.15) is 15.8 Å². The molecule has 0 spiro atoms. The molecule has 0 aliphatic heterocycles. The Labute approximate surface area is 132 Å². The van der Waals surface area contributed by atoms with Gasteiger partial charge in [0.25, 0.3) is 5.56 Å². The molecule has 1 aromatic carbocycles. The first kappa shape index (κ1) is 14.2. The summed E-state index contributed by atoms with van der Waals surface area (Å²) in [5.74, 6) is -0.473. The SMILES string of the molecule is CCOC(=O)Cn1nc(Br)c2c(sc3ccccc32)c1=O. The zero-order valence-electron chi connectivity index (χ0n) is 11.1. The maximum absolute atomic E-state index is 12.5. The van der Waals surface area contributed by atoms with Crippen molar-refractivity contribution < 1.29 is 9.53 Å². The Balaban J connectivity index is 2.22. The molecule has 3 rings (SSSR count). The van der Waals surface area contributed by atoms with Gasteiger partial charge in [-0.1, -0.05) is 18.2 Å². The first-order chi connectivity index (χ1) is 10.1. The predicted octanol–water partition coefficient (Wildman–Crippen LogP) is 2.94. The van der Waals surface area contributed by atoms with Gasteiger partial charge in [-0.2, -0.15) is 5.10 Å². The second-order valence-electron chi connectivity index (χ2n) is 4.36. The molecule has 108 valence electrons. The smallest absolute Gasteiger partial charge is 0.327 e. The number of fused-ring (bicyclic) bond motifs is 3. The van der Waals surface area contributed by atoms with E-state index in [4.69, 9.17) is 4.74 Å². The Hall–Kier alpha value is -1.73. The molecule has 7 heteroatoms. The van der Waals surface area contributed by atoms with Crippen LogP contribution in [0.15, 0.2) is 33.7 Å². The average molecular weight is 367 g/mol. The van der Waals surface area contributed by atoms with Crippen LogP contribution in [0.25, 0.3) is 20.2 Å². The highest BCUT2D eigenvalue weighted by molar-refractivity contribution is 9.10. The fourth-order valence-corrected chi connectivity index (χ4v) is 4.04. The molecule has 0 aliphatic rings. The molecular weight excluding hydrogens is 356 g/mol. The van der Waals surface area contributed by atoms with E-state index in [0.717, 1.165) is 20.2 Å². The molecule has 0 saturated heterocycles. The normalized spacial score (nSPS) is 11.1. The minimum Gasteiger partial charge on any atom is -0.465 e. The van der Waals surface area contributed by atoms with Crippen molar-refractivity contribution in [3.8, 4) is 0 Å². The lowest BCUT2D eigenvalue weighted by Crippen LogP contribution is -2.27. The van der Waals surface area contributed by atoms with Crippen LogP contribution in [-0.4, -0.2) is 22.4 Å². The lowest BCUT2D eigenvalue weighted by Gasteiger charge is -2.05. The Morgan fingerprint density at radius 3 is 2.95 bits per heavy atom. The van der Waals surface area contributed by atoms with Crippen LogP contribution in [-0.2, 0) is 16.1 Å². The maximum atomic E-state index is 12.5. The van der Waals surface area contributed by atoms with Crippen LogP contribution in [0.1, 0.15) is 6.92 Å². The molecule has 0 bridgehead atoms. The van der Waals surface area contributed by atoms with Crippen LogP contribution in [0.3, 0.4) is 0 Å². The second-order valence-corrected chi connectivity index (χ2v) is 6.16. The van der Waals surface area contributed by atoms with Gasteiger partial charge in [0.05, 0.1) is 6.61 Å². The number of halogens is 1. The molecule has 0 N–H and O–H groups in total. The molecule has 0 unspecified atom stereocenters. The van der Waals surface area contributed by atoms with Crippen LogP contribution in [0.4, 0.5) is 0 Å². The molecule has 5 nitrogen and oxygen atoms in total. The minimum atomic E-state index is -0.473. The van der Waals surface area contributed by atoms with Crippen LogP contribution < -0.4 is 5.56 Å². The van der Waals surface area contributed by atoms with E-state index >= 15 is 0 Å². The van der Waals surface area contributed by atoms with E-state index in [0.29, 0.717) is 9.30 Å². The number of thiophene rings is 1. The highest BCUT2D eigenvalue weighted by Crippen LogP contribution is 2.34. The number of benzene rings is 1. The third kappa shape index (κ3) is 2.47. The Morgan fingerprint density at radius 2 is 2.19 bits per heavy atom. The maximum Gasteiger partial charge on any atom is 0.327 e. The van der Waals surface area contributed by atoms with Gasteiger partial charge in [-0.25, -0.2) is 4.68 Å². The lowest BCUT2D eigenvalue weighted by molar-refractivity contribution is -0.144. The van der Waals surface area contributed by atoms with Crippen molar-refractivity contribution >= 4 is 53.4 Å². The quantitative estimate of drug-likeness (QED) is 0.668. The molecule has 3 aromatic rings. The highest BCUT2D eigenvalue weighted by Gasteiger charge is 2.16. The molecule has 0 radical (unpaired) electrons. The predicted molar refractivity (Wildman–Crippen MR) is 85.7 cm³/mol. The van der Waals surface area contributed by atoms with Gasteiger partial charge in [0.2, 0.25) is 0 Å².